The van der Waals surface area contributed by atoms with Crippen molar-refractivity contribution < 1.29 is 0 Å². The maximum atomic E-state index is 3.53. The molecule has 0 aromatic rings. The van der Waals surface area contributed by atoms with Gasteiger partial charge in [-0.3, -0.25) is 0 Å². The number of nitrogens with one attached hydrogen (secondary N) is 1. The first-order valence-electron chi connectivity index (χ1n) is 4.33. The van der Waals surface area contributed by atoms with Crippen molar-refractivity contribution in [2.45, 2.75) is 33.5 Å². The fraction of sp³-hybridized carbons (Fsp3) is 0.778. The summed E-state index contributed by atoms with van der Waals surface area (Å²) < 4.78 is 0. The fourth-order valence-corrected chi connectivity index (χ4v) is 1.44. The van der Waals surface area contributed by atoms with Crippen molar-refractivity contribution in [2.75, 3.05) is 6.54 Å². The van der Waals surface area contributed by atoms with E-state index in [0.29, 0.717) is 5.92 Å². The van der Waals surface area contributed by atoms with E-state index in [4.69, 9.17) is 0 Å². The number of allylic oxidation sites excluding steroid dienone is 1. The molecular formula is C9H21NSi. The van der Waals surface area contributed by atoms with E-state index < -0.39 is 8.24 Å². The summed E-state index contributed by atoms with van der Waals surface area (Å²) in [5.41, 5.74) is 0. The summed E-state index contributed by atoms with van der Waals surface area (Å²) in [4.78, 5) is 3.53. The Labute approximate surface area is 72.0 Å². The standard InChI is InChI=1S/C9H21NSi/c1-9(2)7-6-8-10-11(3,4)5/h6-7,9-10H,8H2,1-5H3. The maximum Gasteiger partial charge on any atom is 0.116 e. The lowest BCUT2D eigenvalue weighted by molar-refractivity contribution is 0.824. The van der Waals surface area contributed by atoms with E-state index in [1.807, 2.05) is 0 Å². The lowest BCUT2D eigenvalue weighted by Crippen LogP contribution is -2.41. The van der Waals surface area contributed by atoms with E-state index in [2.05, 4.69) is 50.6 Å². The molecule has 0 amide bonds. The molecule has 0 saturated heterocycles. The highest BCUT2D eigenvalue weighted by Crippen LogP contribution is 1.95. The summed E-state index contributed by atoms with van der Waals surface area (Å²) in [6.45, 7) is 12.4. The van der Waals surface area contributed by atoms with Crippen LogP contribution in [0.4, 0.5) is 0 Å². The van der Waals surface area contributed by atoms with Crippen LogP contribution < -0.4 is 4.98 Å². The molecule has 2 heteroatoms. The molecule has 0 fully saturated rings. The second-order valence-corrected chi connectivity index (χ2v) is 9.16. The van der Waals surface area contributed by atoms with Crippen LogP contribution in [0.3, 0.4) is 0 Å². The van der Waals surface area contributed by atoms with Gasteiger partial charge in [0, 0.05) is 6.54 Å². The van der Waals surface area contributed by atoms with E-state index >= 15 is 0 Å². The molecule has 0 atom stereocenters. The molecule has 0 aliphatic heterocycles. The number of hydrogen-bond donors (Lipinski definition) is 1. The summed E-state index contributed by atoms with van der Waals surface area (Å²) in [7, 11) is -1.03. The van der Waals surface area contributed by atoms with Gasteiger partial charge in [0.25, 0.3) is 0 Å². The van der Waals surface area contributed by atoms with E-state index in [-0.39, 0.29) is 0 Å². The molecule has 0 aliphatic carbocycles. The van der Waals surface area contributed by atoms with Crippen molar-refractivity contribution in [3.05, 3.63) is 12.2 Å². The van der Waals surface area contributed by atoms with E-state index in [1.165, 1.54) is 0 Å². The van der Waals surface area contributed by atoms with Gasteiger partial charge in [-0.15, -0.1) is 0 Å². The van der Waals surface area contributed by atoms with Crippen molar-refractivity contribution in [3.63, 3.8) is 0 Å². The third kappa shape index (κ3) is 9.92. The molecule has 0 radical (unpaired) electrons. The molecule has 0 aromatic heterocycles. The highest BCUT2D eigenvalue weighted by Gasteiger charge is 2.09. The number of rotatable bonds is 4. The fourth-order valence-electron chi connectivity index (χ4n) is 0.705. The van der Waals surface area contributed by atoms with E-state index in [0.717, 1.165) is 6.54 Å². The Kier molecular flexibility index (Phi) is 4.69. The van der Waals surface area contributed by atoms with Crippen LogP contribution in [0.1, 0.15) is 13.8 Å². The molecule has 0 aromatic carbocycles. The molecule has 11 heavy (non-hydrogen) atoms. The predicted molar refractivity (Wildman–Crippen MR) is 55.3 cm³/mol. The van der Waals surface area contributed by atoms with Gasteiger partial charge in [-0.05, 0) is 5.92 Å². The molecule has 0 unspecified atom stereocenters. The van der Waals surface area contributed by atoms with Crippen LogP contribution in [-0.2, 0) is 0 Å². The largest absolute Gasteiger partial charge is 0.334 e. The summed E-state index contributed by atoms with van der Waals surface area (Å²) in [6, 6.07) is 0. The average Bonchev–Trinajstić information content (AvgIpc) is 1.78. The lowest BCUT2D eigenvalue weighted by Gasteiger charge is -2.16. The van der Waals surface area contributed by atoms with Gasteiger partial charge < -0.3 is 4.98 Å². The first-order valence-corrected chi connectivity index (χ1v) is 7.83. The Balaban J connectivity index is 3.42. The molecule has 0 saturated carbocycles. The third-order valence-corrected chi connectivity index (χ3v) is 2.54. The Morgan fingerprint density at radius 2 is 1.82 bits per heavy atom. The zero-order valence-electron chi connectivity index (χ0n) is 8.44. The first-order chi connectivity index (χ1) is 4.92. The molecule has 0 spiro atoms. The second kappa shape index (κ2) is 4.73. The van der Waals surface area contributed by atoms with Gasteiger partial charge >= 0.3 is 0 Å². The minimum Gasteiger partial charge on any atom is -0.334 e. The van der Waals surface area contributed by atoms with Crippen LogP contribution in [0, 0.1) is 5.92 Å². The monoisotopic (exact) mass is 171 g/mol. The molecule has 66 valence electrons. The van der Waals surface area contributed by atoms with Crippen LogP contribution in [0.2, 0.25) is 19.6 Å². The normalized spacial score (nSPS) is 13.3. The highest BCUT2D eigenvalue weighted by atomic mass is 28.3. The van der Waals surface area contributed by atoms with E-state index in [9.17, 15) is 0 Å². The van der Waals surface area contributed by atoms with Gasteiger partial charge in [0.15, 0.2) is 0 Å². The van der Waals surface area contributed by atoms with Gasteiger partial charge in [0.1, 0.15) is 8.24 Å². The van der Waals surface area contributed by atoms with Crippen LogP contribution in [0.25, 0.3) is 0 Å². The second-order valence-electron chi connectivity index (χ2n) is 4.30. The summed E-state index contributed by atoms with van der Waals surface area (Å²) in [6.07, 6.45) is 4.47. The Bertz CT molecular complexity index is 122. The van der Waals surface area contributed by atoms with Gasteiger partial charge in [-0.2, -0.15) is 0 Å². The number of hydrogen-bond acceptors (Lipinski definition) is 1. The highest BCUT2D eigenvalue weighted by molar-refractivity contribution is 6.73. The molecule has 0 heterocycles. The van der Waals surface area contributed by atoms with Gasteiger partial charge in [-0.25, -0.2) is 0 Å². The molecule has 0 rings (SSSR count). The van der Waals surface area contributed by atoms with E-state index in [1.54, 1.807) is 0 Å². The SMILES string of the molecule is CC(C)C=CCN[Si](C)(C)C. The van der Waals surface area contributed by atoms with Crippen LogP contribution in [0.5, 0.6) is 0 Å². The zero-order valence-corrected chi connectivity index (χ0v) is 9.44. The molecular weight excluding hydrogens is 150 g/mol. The summed E-state index contributed by atoms with van der Waals surface area (Å²) in [5.74, 6) is 0.679. The van der Waals surface area contributed by atoms with Crippen molar-refractivity contribution in [1.29, 1.82) is 0 Å². The third-order valence-electron chi connectivity index (χ3n) is 1.27. The van der Waals surface area contributed by atoms with Crippen LogP contribution in [-0.4, -0.2) is 14.8 Å². The molecule has 0 bridgehead atoms. The van der Waals surface area contributed by atoms with Crippen LogP contribution in [0.15, 0.2) is 12.2 Å². The summed E-state index contributed by atoms with van der Waals surface area (Å²) >= 11 is 0. The lowest BCUT2D eigenvalue weighted by atomic mass is 10.2. The quantitative estimate of drug-likeness (QED) is 0.506. The smallest absolute Gasteiger partial charge is 0.116 e. The van der Waals surface area contributed by atoms with Crippen molar-refractivity contribution in [3.8, 4) is 0 Å². The van der Waals surface area contributed by atoms with Crippen molar-refractivity contribution >= 4 is 8.24 Å². The van der Waals surface area contributed by atoms with Crippen molar-refractivity contribution in [2.24, 2.45) is 5.92 Å². The zero-order chi connectivity index (χ0) is 8.91. The van der Waals surface area contributed by atoms with Gasteiger partial charge in [0.05, 0.1) is 0 Å². The minimum absolute atomic E-state index is 0.679. The maximum absolute atomic E-state index is 3.53. The Morgan fingerprint density at radius 1 is 1.27 bits per heavy atom. The van der Waals surface area contributed by atoms with Gasteiger partial charge in [-0.1, -0.05) is 45.6 Å². The molecule has 0 aliphatic rings. The average molecular weight is 171 g/mol. The molecule has 1 nitrogen and oxygen atoms in total. The predicted octanol–water partition coefficient (Wildman–Crippen LogP) is 2.62. The van der Waals surface area contributed by atoms with Gasteiger partial charge in [0.2, 0.25) is 0 Å². The summed E-state index contributed by atoms with van der Waals surface area (Å²) in [5, 5.41) is 0. The topological polar surface area (TPSA) is 12.0 Å². The van der Waals surface area contributed by atoms with Crippen molar-refractivity contribution in [1.82, 2.24) is 4.98 Å². The minimum atomic E-state index is -1.03. The molecule has 1 N–H and O–H groups in total. The Morgan fingerprint density at radius 3 is 2.18 bits per heavy atom. The first kappa shape index (κ1) is 10.9. The Hall–Kier alpha value is -0.0831. The van der Waals surface area contributed by atoms with Crippen LogP contribution >= 0.6 is 0 Å².